The number of carbonyl (C=O) groups excluding carboxylic acids is 1. The van der Waals surface area contributed by atoms with Crippen molar-refractivity contribution in [3.8, 4) is 11.5 Å². The maximum absolute atomic E-state index is 13.7. The van der Waals surface area contributed by atoms with Crippen LogP contribution in [-0.4, -0.2) is 79.7 Å². The average Bonchev–Trinajstić information content (AvgIpc) is 3.08. The molecule has 1 aliphatic heterocycles. The summed E-state index contributed by atoms with van der Waals surface area (Å²) in [4.78, 5) is 13.6. The number of carbonyl (C=O) groups is 1. The van der Waals surface area contributed by atoms with Crippen LogP contribution in [0.4, 0.5) is 11.4 Å². The third kappa shape index (κ3) is 7.26. The third-order valence-corrected chi connectivity index (χ3v) is 12.6. The van der Waals surface area contributed by atoms with Crippen LogP contribution < -0.4 is 19.5 Å². The van der Waals surface area contributed by atoms with Gasteiger partial charge in [-0.15, -0.1) is 0 Å². The van der Waals surface area contributed by atoms with Gasteiger partial charge >= 0.3 is 0 Å². The Morgan fingerprint density at radius 2 is 1.30 bits per heavy atom. The zero-order valence-corrected chi connectivity index (χ0v) is 27.8. The van der Waals surface area contributed by atoms with Crippen molar-refractivity contribution in [1.29, 1.82) is 0 Å². The van der Waals surface area contributed by atoms with E-state index in [0.717, 1.165) is 8.61 Å². The molecule has 1 saturated heterocycles. The fourth-order valence-electron chi connectivity index (χ4n) is 4.97. The Labute approximate surface area is 273 Å². The summed E-state index contributed by atoms with van der Waals surface area (Å²) in [7, 11) is -9.52. The highest BCUT2D eigenvalue weighted by Gasteiger charge is 2.43. The minimum atomic E-state index is -4.20. The molecule has 47 heavy (non-hydrogen) atoms. The lowest BCUT2D eigenvalue weighted by Gasteiger charge is -2.38. The highest BCUT2D eigenvalue weighted by molar-refractivity contribution is 7.92. The lowest BCUT2D eigenvalue weighted by atomic mass is 10.2. The molecule has 0 spiro atoms. The number of sulfonamides is 3. The monoisotopic (exact) mass is 700 g/mol. The first kappa shape index (κ1) is 33.9. The number of amides is 1. The van der Waals surface area contributed by atoms with Crippen LogP contribution in [0.25, 0.3) is 0 Å². The van der Waals surface area contributed by atoms with Gasteiger partial charge in [0.1, 0.15) is 17.5 Å². The van der Waals surface area contributed by atoms with E-state index in [0.29, 0.717) is 5.75 Å². The van der Waals surface area contributed by atoms with Crippen LogP contribution in [-0.2, 0) is 34.9 Å². The molecule has 4 aromatic rings. The van der Waals surface area contributed by atoms with E-state index >= 15 is 0 Å². The third-order valence-electron chi connectivity index (χ3n) is 7.41. The molecular formula is C31H32N4O9S3. The number of piperazine rings is 1. The molecule has 13 nitrogen and oxygen atoms in total. The predicted octanol–water partition coefficient (Wildman–Crippen LogP) is 3.21. The molecule has 0 radical (unpaired) electrons. The normalized spacial score (nSPS) is 16.3. The molecule has 1 atom stereocenters. The molecule has 0 saturated carbocycles. The number of ether oxygens (including phenoxy) is 2. The number of hydrogen-bond acceptors (Lipinski definition) is 9. The van der Waals surface area contributed by atoms with Crippen molar-refractivity contribution in [3.63, 3.8) is 0 Å². The Bertz CT molecular complexity index is 2060. The lowest BCUT2D eigenvalue weighted by molar-refractivity contribution is -0.120. The highest BCUT2D eigenvalue weighted by atomic mass is 32.2. The van der Waals surface area contributed by atoms with Gasteiger partial charge in [-0.3, -0.25) is 9.52 Å². The first-order chi connectivity index (χ1) is 22.4. The topological polar surface area (TPSA) is 168 Å². The van der Waals surface area contributed by atoms with Gasteiger partial charge in [0.15, 0.2) is 0 Å². The number of nitrogens with one attached hydrogen (secondary N) is 2. The van der Waals surface area contributed by atoms with Crippen molar-refractivity contribution in [1.82, 2.24) is 8.61 Å². The number of methoxy groups -OCH3 is 2. The number of benzene rings is 4. The van der Waals surface area contributed by atoms with Gasteiger partial charge in [-0.1, -0.05) is 36.4 Å². The second-order valence-electron chi connectivity index (χ2n) is 10.3. The van der Waals surface area contributed by atoms with E-state index in [1.54, 1.807) is 48.5 Å². The van der Waals surface area contributed by atoms with Gasteiger partial charge < -0.3 is 14.8 Å². The van der Waals surface area contributed by atoms with Gasteiger partial charge in [-0.05, 0) is 60.7 Å². The molecule has 0 aliphatic carbocycles. The summed E-state index contributed by atoms with van der Waals surface area (Å²) in [5.41, 5.74) is 0.310. The van der Waals surface area contributed by atoms with Gasteiger partial charge in [-0.25, -0.2) is 25.3 Å². The molecule has 248 valence electrons. The molecule has 5 rings (SSSR count). The fraction of sp³-hybridized carbons (Fsp3) is 0.194. The molecule has 0 bridgehead atoms. The maximum atomic E-state index is 13.7. The van der Waals surface area contributed by atoms with Crippen molar-refractivity contribution in [2.24, 2.45) is 0 Å². The molecule has 16 heteroatoms. The summed E-state index contributed by atoms with van der Waals surface area (Å²) in [5.74, 6) is -0.126. The quantitative estimate of drug-likeness (QED) is 0.239. The zero-order chi connectivity index (χ0) is 33.8. The predicted molar refractivity (Wildman–Crippen MR) is 175 cm³/mol. The second kappa shape index (κ2) is 13.7. The largest absolute Gasteiger partial charge is 0.497 e. The zero-order valence-electron chi connectivity index (χ0n) is 25.3. The van der Waals surface area contributed by atoms with E-state index < -0.39 is 48.6 Å². The number of anilines is 2. The Kier molecular flexibility index (Phi) is 9.88. The summed E-state index contributed by atoms with van der Waals surface area (Å²) >= 11 is 0. The molecule has 1 amide bonds. The van der Waals surface area contributed by atoms with Gasteiger partial charge in [0.2, 0.25) is 26.0 Å². The van der Waals surface area contributed by atoms with Crippen LogP contribution in [0.15, 0.2) is 118 Å². The summed E-state index contributed by atoms with van der Waals surface area (Å²) in [6, 6.07) is 23.6. The minimum absolute atomic E-state index is 0.00972. The van der Waals surface area contributed by atoms with Gasteiger partial charge in [0.05, 0.1) is 34.6 Å². The summed E-state index contributed by atoms with van der Waals surface area (Å²) < 4.78 is 95.4. The summed E-state index contributed by atoms with van der Waals surface area (Å²) in [6.07, 6.45) is 0. The van der Waals surface area contributed by atoms with E-state index in [4.69, 9.17) is 9.47 Å². The van der Waals surface area contributed by atoms with Crippen LogP contribution in [0.1, 0.15) is 0 Å². The first-order valence-corrected chi connectivity index (χ1v) is 18.5. The number of hydrogen-bond donors (Lipinski definition) is 2. The number of rotatable bonds is 11. The van der Waals surface area contributed by atoms with Crippen LogP contribution in [0, 0.1) is 0 Å². The first-order valence-electron chi connectivity index (χ1n) is 14.1. The van der Waals surface area contributed by atoms with E-state index in [2.05, 4.69) is 10.0 Å². The van der Waals surface area contributed by atoms with Crippen molar-refractivity contribution in [3.05, 3.63) is 103 Å². The van der Waals surface area contributed by atoms with Crippen LogP contribution in [0.2, 0.25) is 0 Å². The van der Waals surface area contributed by atoms with Crippen LogP contribution >= 0.6 is 0 Å². The van der Waals surface area contributed by atoms with Gasteiger partial charge in [-0.2, -0.15) is 8.61 Å². The average molecular weight is 701 g/mol. The smallest absolute Gasteiger partial charge is 0.262 e. The molecule has 1 fully saturated rings. The molecule has 0 unspecified atom stereocenters. The second-order valence-corrected chi connectivity index (χ2v) is 15.8. The van der Waals surface area contributed by atoms with Crippen molar-refractivity contribution in [2.75, 3.05) is 43.9 Å². The summed E-state index contributed by atoms with van der Waals surface area (Å²) in [6.45, 7) is -0.906. The van der Waals surface area contributed by atoms with Crippen LogP contribution in [0.3, 0.4) is 0 Å². The van der Waals surface area contributed by atoms with Crippen LogP contribution in [0.5, 0.6) is 11.5 Å². The molecule has 0 aromatic heterocycles. The van der Waals surface area contributed by atoms with Gasteiger partial charge in [0.25, 0.3) is 10.0 Å². The van der Waals surface area contributed by atoms with E-state index in [1.807, 2.05) is 0 Å². The Morgan fingerprint density at radius 3 is 1.87 bits per heavy atom. The Morgan fingerprint density at radius 1 is 0.702 bits per heavy atom. The molecule has 4 aromatic carbocycles. The Hall–Kier alpha value is -4.48. The molecule has 1 aliphatic rings. The van der Waals surface area contributed by atoms with Gasteiger partial charge in [0, 0.05) is 31.4 Å². The Balaban J connectivity index is 1.40. The standard InChI is InChI=1S/C31H32N4O9S3/c1-43-24-15-18-30(44-2)28(21-24)33-45(37,38)25-16-13-23(14-17-25)32-31(36)29-22-34(46(39,40)26-9-5-3-6-10-26)19-20-35(29)47(41,42)27-11-7-4-8-12-27/h3-18,21,29,33H,19-20,22H2,1-2H3,(H,32,36)/t29-/m1/s1. The minimum Gasteiger partial charge on any atom is -0.497 e. The fourth-order valence-corrected chi connectivity index (χ4v) is 9.08. The number of nitrogens with zero attached hydrogens (tertiary/aromatic N) is 2. The van der Waals surface area contributed by atoms with Crippen molar-refractivity contribution >= 4 is 47.4 Å². The maximum Gasteiger partial charge on any atom is 0.262 e. The summed E-state index contributed by atoms with van der Waals surface area (Å²) in [5, 5.41) is 2.62. The lowest BCUT2D eigenvalue weighted by Crippen LogP contribution is -2.60. The van der Waals surface area contributed by atoms with Crippen molar-refractivity contribution in [2.45, 2.75) is 20.7 Å². The SMILES string of the molecule is COc1ccc(OC)c(NS(=O)(=O)c2ccc(NC(=O)[C@H]3CN(S(=O)(=O)c4ccccc4)CCN3S(=O)(=O)c3ccccc3)cc2)c1. The van der Waals surface area contributed by atoms with E-state index in [1.165, 1.54) is 68.8 Å². The van der Waals surface area contributed by atoms with Crippen molar-refractivity contribution < 1.29 is 39.5 Å². The molecule has 2 N–H and O–H groups in total. The molecular weight excluding hydrogens is 669 g/mol. The molecule has 1 heterocycles. The van der Waals surface area contributed by atoms with E-state index in [-0.39, 0.29) is 44.9 Å². The van der Waals surface area contributed by atoms with E-state index in [9.17, 15) is 30.0 Å². The highest BCUT2D eigenvalue weighted by Crippen LogP contribution is 2.31.